The molecule has 0 atom stereocenters. The van der Waals surface area contributed by atoms with Gasteiger partial charge in [0.2, 0.25) is 0 Å². The second-order valence-electron chi connectivity index (χ2n) is 3.77. The molecule has 0 amide bonds. The maximum Gasteiger partial charge on any atom is 0.143 e. The molecule has 2 N–H and O–H groups in total. The summed E-state index contributed by atoms with van der Waals surface area (Å²) in [7, 11) is 0. The molecule has 0 unspecified atom stereocenters. The van der Waals surface area contributed by atoms with Crippen LogP contribution in [0.5, 0.6) is 5.75 Å². The van der Waals surface area contributed by atoms with Crippen molar-refractivity contribution in [3.8, 4) is 5.75 Å². The highest BCUT2D eigenvalue weighted by Crippen LogP contribution is 2.33. The van der Waals surface area contributed by atoms with Crippen molar-refractivity contribution >= 4 is 53.5 Å². The van der Waals surface area contributed by atoms with E-state index in [9.17, 15) is 5.11 Å². The van der Waals surface area contributed by atoms with Gasteiger partial charge in [0.1, 0.15) is 5.75 Å². The molecule has 0 saturated carbocycles. The van der Waals surface area contributed by atoms with Gasteiger partial charge in [-0.3, -0.25) is 0 Å². The third-order valence-electron chi connectivity index (χ3n) is 2.42. The van der Waals surface area contributed by atoms with E-state index in [0.717, 1.165) is 15.7 Å². The molecule has 0 heterocycles. The first-order valence-electron chi connectivity index (χ1n) is 5.22. The smallest absolute Gasteiger partial charge is 0.143 e. The van der Waals surface area contributed by atoms with Gasteiger partial charge in [-0.2, -0.15) is 0 Å². The van der Waals surface area contributed by atoms with Gasteiger partial charge in [-0.25, -0.2) is 0 Å². The molecule has 0 bridgehead atoms. The summed E-state index contributed by atoms with van der Waals surface area (Å²) >= 11 is 10.0. The number of nitrogens with one attached hydrogen (secondary N) is 1. The van der Waals surface area contributed by atoms with E-state index in [1.165, 1.54) is 0 Å². The van der Waals surface area contributed by atoms with Crippen LogP contribution in [-0.2, 0) is 6.54 Å². The molecule has 2 rings (SSSR count). The summed E-state index contributed by atoms with van der Waals surface area (Å²) in [5.74, 6) is 0.224. The molecule has 2 nitrogen and oxygen atoms in total. The first-order chi connectivity index (χ1) is 8.56. The summed E-state index contributed by atoms with van der Waals surface area (Å²) in [5.41, 5.74) is 2.13. The maximum atomic E-state index is 9.63. The van der Waals surface area contributed by atoms with E-state index in [2.05, 4.69) is 53.1 Å². The normalized spacial score (nSPS) is 10.4. The van der Waals surface area contributed by atoms with Crippen molar-refractivity contribution in [1.29, 1.82) is 0 Å². The summed E-state index contributed by atoms with van der Waals surface area (Å²) in [6.45, 7) is 0.694. The molecule has 0 aliphatic rings. The Labute approximate surface area is 131 Å². The van der Waals surface area contributed by atoms with Crippen LogP contribution in [0.1, 0.15) is 5.56 Å². The number of anilines is 1. The van der Waals surface area contributed by atoms with E-state index in [4.69, 9.17) is 0 Å². The minimum absolute atomic E-state index is 0.224. The van der Waals surface area contributed by atoms with Crippen LogP contribution in [0.15, 0.2) is 49.8 Å². The molecular weight excluding hydrogens is 426 g/mol. The highest BCUT2D eigenvalue weighted by molar-refractivity contribution is 9.11. The molecule has 2 aromatic carbocycles. The first kappa shape index (κ1) is 13.9. The van der Waals surface area contributed by atoms with Gasteiger partial charge in [-0.05, 0) is 73.8 Å². The van der Waals surface area contributed by atoms with Crippen LogP contribution in [-0.4, -0.2) is 5.11 Å². The molecule has 0 aliphatic carbocycles. The Hall–Kier alpha value is -0.520. The monoisotopic (exact) mass is 433 g/mol. The van der Waals surface area contributed by atoms with E-state index < -0.39 is 0 Å². The Bertz CT molecular complexity index is 532. The van der Waals surface area contributed by atoms with E-state index >= 15 is 0 Å². The van der Waals surface area contributed by atoms with Crippen molar-refractivity contribution in [2.24, 2.45) is 0 Å². The Morgan fingerprint density at radius 1 is 0.944 bits per heavy atom. The summed E-state index contributed by atoms with van der Waals surface area (Å²) in [5, 5.41) is 12.9. The van der Waals surface area contributed by atoms with E-state index in [0.29, 0.717) is 15.5 Å². The van der Waals surface area contributed by atoms with Crippen LogP contribution in [0.3, 0.4) is 0 Å². The van der Waals surface area contributed by atoms with Crippen molar-refractivity contribution in [3.05, 3.63) is 55.4 Å². The van der Waals surface area contributed by atoms with Crippen LogP contribution >= 0.6 is 47.8 Å². The third-order valence-corrected chi connectivity index (χ3v) is 4.16. The summed E-state index contributed by atoms with van der Waals surface area (Å²) < 4.78 is 2.43. The number of rotatable bonds is 3. The van der Waals surface area contributed by atoms with Crippen molar-refractivity contribution in [2.75, 3.05) is 5.32 Å². The lowest BCUT2D eigenvalue weighted by molar-refractivity contribution is 0.468. The van der Waals surface area contributed by atoms with Gasteiger partial charge in [0.15, 0.2) is 0 Å². The van der Waals surface area contributed by atoms with Crippen LogP contribution in [0.2, 0.25) is 0 Å². The van der Waals surface area contributed by atoms with Gasteiger partial charge < -0.3 is 10.4 Å². The molecule has 18 heavy (non-hydrogen) atoms. The van der Waals surface area contributed by atoms with Crippen molar-refractivity contribution < 1.29 is 5.11 Å². The minimum Gasteiger partial charge on any atom is -0.506 e. The average Bonchev–Trinajstić information content (AvgIpc) is 2.35. The summed E-state index contributed by atoms with van der Waals surface area (Å²) in [4.78, 5) is 0. The van der Waals surface area contributed by atoms with Gasteiger partial charge in [-0.1, -0.05) is 15.9 Å². The number of hydrogen-bond donors (Lipinski definition) is 2. The van der Waals surface area contributed by atoms with Gasteiger partial charge in [0.05, 0.1) is 8.95 Å². The third kappa shape index (κ3) is 3.49. The lowest BCUT2D eigenvalue weighted by Gasteiger charge is -2.09. The minimum atomic E-state index is 0.224. The molecule has 0 aliphatic heterocycles. The number of benzene rings is 2. The molecule has 2 aromatic rings. The fraction of sp³-hybridized carbons (Fsp3) is 0.0769. The van der Waals surface area contributed by atoms with E-state index in [-0.39, 0.29) is 5.75 Å². The van der Waals surface area contributed by atoms with Gasteiger partial charge in [0.25, 0.3) is 0 Å². The number of aromatic hydroxyl groups is 1. The van der Waals surface area contributed by atoms with E-state index in [1.807, 2.05) is 36.4 Å². The Morgan fingerprint density at radius 2 is 1.50 bits per heavy atom. The van der Waals surface area contributed by atoms with Crippen molar-refractivity contribution in [2.45, 2.75) is 6.54 Å². The fourth-order valence-electron chi connectivity index (χ4n) is 1.49. The van der Waals surface area contributed by atoms with Gasteiger partial charge >= 0.3 is 0 Å². The van der Waals surface area contributed by atoms with Gasteiger partial charge in [0, 0.05) is 16.7 Å². The second-order valence-corrected chi connectivity index (χ2v) is 6.39. The number of halogens is 3. The number of hydrogen-bond acceptors (Lipinski definition) is 2. The lowest BCUT2D eigenvalue weighted by atomic mass is 10.2. The van der Waals surface area contributed by atoms with Crippen LogP contribution in [0.25, 0.3) is 0 Å². The van der Waals surface area contributed by atoms with Crippen molar-refractivity contribution in [3.63, 3.8) is 0 Å². The molecule has 94 valence electrons. The average molecular weight is 436 g/mol. The van der Waals surface area contributed by atoms with Gasteiger partial charge in [-0.15, -0.1) is 0 Å². The molecular formula is C13H10Br3NO. The number of phenolic OH excluding ortho intramolecular Hbond substituents is 1. The van der Waals surface area contributed by atoms with E-state index in [1.54, 1.807) is 0 Å². The van der Waals surface area contributed by atoms with Crippen LogP contribution < -0.4 is 5.32 Å². The molecule has 0 radical (unpaired) electrons. The Balaban J connectivity index is 2.08. The summed E-state index contributed by atoms with van der Waals surface area (Å²) in [6, 6.07) is 11.8. The molecule has 0 spiro atoms. The molecule has 0 saturated heterocycles. The van der Waals surface area contributed by atoms with Crippen LogP contribution in [0.4, 0.5) is 5.69 Å². The Morgan fingerprint density at radius 3 is 2.06 bits per heavy atom. The molecule has 0 fully saturated rings. The van der Waals surface area contributed by atoms with Crippen LogP contribution in [0, 0.1) is 0 Å². The first-order valence-corrected chi connectivity index (χ1v) is 7.60. The molecule has 0 aromatic heterocycles. The lowest BCUT2D eigenvalue weighted by Crippen LogP contribution is -1.99. The molecule has 5 heteroatoms. The second kappa shape index (κ2) is 6.08. The quantitative estimate of drug-likeness (QED) is 0.686. The zero-order chi connectivity index (χ0) is 13.1. The Kier molecular flexibility index (Phi) is 4.70. The largest absolute Gasteiger partial charge is 0.506 e. The van der Waals surface area contributed by atoms with Crippen molar-refractivity contribution in [1.82, 2.24) is 0 Å². The topological polar surface area (TPSA) is 32.3 Å². The zero-order valence-electron chi connectivity index (χ0n) is 9.25. The predicted molar refractivity (Wildman–Crippen MR) is 85.0 cm³/mol. The SMILES string of the molecule is Oc1c(Br)cc(CNc2ccc(Br)cc2)cc1Br. The standard InChI is InChI=1S/C13H10Br3NO/c14-9-1-3-10(4-2-9)17-7-8-5-11(15)13(18)12(16)6-8/h1-6,17-18H,7H2. The highest BCUT2D eigenvalue weighted by atomic mass is 79.9. The predicted octanol–water partition coefficient (Wildman–Crippen LogP) is 5.29. The maximum absolute atomic E-state index is 9.63. The summed E-state index contributed by atoms with van der Waals surface area (Å²) in [6.07, 6.45) is 0. The fourth-order valence-corrected chi connectivity index (χ4v) is 3.04. The number of phenols is 1. The highest BCUT2D eigenvalue weighted by Gasteiger charge is 2.05. The zero-order valence-corrected chi connectivity index (χ0v) is 14.0.